The zero-order valence-electron chi connectivity index (χ0n) is 19.1. The van der Waals surface area contributed by atoms with E-state index < -0.39 is 21.0 Å². The summed E-state index contributed by atoms with van der Waals surface area (Å²) in [5.41, 5.74) is 2.24. The van der Waals surface area contributed by atoms with Crippen LogP contribution >= 0.6 is 0 Å². The maximum absolute atomic E-state index is 14.8. The van der Waals surface area contributed by atoms with Gasteiger partial charge in [-0.3, -0.25) is 5.32 Å². The van der Waals surface area contributed by atoms with E-state index in [1.165, 1.54) is 12.1 Å². The number of rotatable bonds is 7. The summed E-state index contributed by atoms with van der Waals surface area (Å²) in [7, 11) is -0.898. The number of benzene rings is 2. The molecule has 3 rings (SSSR count). The summed E-state index contributed by atoms with van der Waals surface area (Å²) in [4.78, 5) is 16.8. The van der Waals surface area contributed by atoms with E-state index in [1.807, 2.05) is 41.1 Å². The van der Waals surface area contributed by atoms with Gasteiger partial charge < -0.3 is 13.7 Å². The smallest absolute Gasteiger partial charge is 0.412 e. The predicted octanol–water partition coefficient (Wildman–Crippen LogP) is 5.83. The van der Waals surface area contributed by atoms with Crippen LogP contribution in [0.2, 0.25) is 13.1 Å². The van der Waals surface area contributed by atoms with Crippen molar-refractivity contribution in [3.8, 4) is 5.69 Å². The number of halogens is 1. The molecule has 1 amide bonds. The molecule has 0 saturated carbocycles. The van der Waals surface area contributed by atoms with Crippen LogP contribution in [-0.2, 0) is 27.8 Å². The van der Waals surface area contributed by atoms with Gasteiger partial charge in [0, 0.05) is 23.4 Å². The van der Waals surface area contributed by atoms with Gasteiger partial charge in [-0.2, -0.15) is 0 Å². The molecule has 1 aromatic heterocycles. The molecule has 0 bridgehead atoms. The topological polar surface area (TPSA) is 65.4 Å². The zero-order chi connectivity index (χ0) is 23.3. The van der Waals surface area contributed by atoms with Gasteiger partial charge in [0.2, 0.25) is 9.04 Å². The van der Waals surface area contributed by atoms with E-state index in [0.717, 1.165) is 11.3 Å². The van der Waals surface area contributed by atoms with Crippen molar-refractivity contribution < 1.29 is 18.3 Å². The van der Waals surface area contributed by atoms with E-state index in [2.05, 4.69) is 39.2 Å². The minimum Gasteiger partial charge on any atom is -0.444 e. The molecule has 0 aliphatic rings. The van der Waals surface area contributed by atoms with E-state index in [0.29, 0.717) is 18.1 Å². The number of carbonyl (C=O) groups excluding carboxylic acids is 1. The largest absolute Gasteiger partial charge is 0.444 e. The molecule has 0 saturated heterocycles. The van der Waals surface area contributed by atoms with Crippen molar-refractivity contribution in [1.82, 2.24) is 9.55 Å². The first kappa shape index (κ1) is 23.7. The fourth-order valence-electron chi connectivity index (χ4n) is 2.94. The lowest BCUT2D eigenvalue weighted by molar-refractivity contribution is 0.155. The first-order chi connectivity index (χ1) is 15.1. The average Bonchev–Trinajstić information content (AvgIpc) is 3.18. The number of carbonyl (C=O) groups is 1. The number of nitrogens with zero attached hydrogens (tertiary/aromatic N) is 2. The molecule has 169 valence electrons. The van der Waals surface area contributed by atoms with Crippen LogP contribution in [0.4, 0.5) is 14.9 Å². The fraction of sp³-hybridized carbons (Fsp3) is 0.333. The van der Waals surface area contributed by atoms with Crippen molar-refractivity contribution in [2.45, 2.75) is 52.5 Å². The predicted molar refractivity (Wildman–Crippen MR) is 125 cm³/mol. The molecule has 0 aliphatic heterocycles. The van der Waals surface area contributed by atoms with Crippen LogP contribution in [0.5, 0.6) is 0 Å². The highest BCUT2D eigenvalue weighted by Gasteiger charge is 2.21. The number of ether oxygens (including phenoxy) is 1. The maximum Gasteiger partial charge on any atom is 0.412 e. The third-order valence-electron chi connectivity index (χ3n) is 4.72. The second-order valence-electron chi connectivity index (χ2n) is 8.71. The highest BCUT2D eigenvalue weighted by Crippen LogP contribution is 2.26. The van der Waals surface area contributed by atoms with E-state index in [9.17, 15) is 9.18 Å². The lowest BCUT2D eigenvalue weighted by atomic mass is 9.93. The van der Waals surface area contributed by atoms with Crippen molar-refractivity contribution in [2.24, 2.45) is 0 Å². The SMILES string of the molecule is C[Si](C)OCc1nc(C(C)(C)C)cn1-c1ccc(NC(=O)OCc2ccccc2)c(F)c1. The van der Waals surface area contributed by atoms with Crippen LogP contribution in [0, 0.1) is 5.82 Å². The Morgan fingerprint density at radius 1 is 1.12 bits per heavy atom. The number of amides is 1. The van der Waals surface area contributed by atoms with Gasteiger partial charge in [-0.1, -0.05) is 51.1 Å². The molecule has 0 atom stereocenters. The zero-order valence-corrected chi connectivity index (χ0v) is 20.1. The monoisotopic (exact) mass is 454 g/mol. The Morgan fingerprint density at radius 2 is 1.84 bits per heavy atom. The molecule has 8 heteroatoms. The second-order valence-corrected chi connectivity index (χ2v) is 10.8. The Bertz CT molecular complexity index is 1060. The summed E-state index contributed by atoms with van der Waals surface area (Å²) in [5.74, 6) is 0.149. The van der Waals surface area contributed by atoms with Crippen LogP contribution in [0.15, 0.2) is 54.7 Å². The lowest BCUT2D eigenvalue weighted by Crippen LogP contribution is -2.15. The number of imidazole rings is 1. The van der Waals surface area contributed by atoms with Crippen molar-refractivity contribution in [3.05, 3.63) is 77.6 Å². The minimum absolute atomic E-state index is 0.0494. The number of aromatic nitrogens is 2. The summed E-state index contributed by atoms with van der Waals surface area (Å²) in [6.45, 7) is 10.8. The Labute approximate surface area is 190 Å². The van der Waals surface area contributed by atoms with Gasteiger partial charge in [-0.05, 0) is 30.8 Å². The number of hydrogen-bond acceptors (Lipinski definition) is 4. The lowest BCUT2D eigenvalue weighted by Gasteiger charge is -2.14. The van der Waals surface area contributed by atoms with Gasteiger partial charge >= 0.3 is 6.09 Å². The summed E-state index contributed by atoms with van der Waals surface area (Å²) >= 11 is 0. The minimum atomic E-state index is -0.898. The molecule has 0 unspecified atom stereocenters. The second kappa shape index (κ2) is 10.1. The highest BCUT2D eigenvalue weighted by molar-refractivity contribution is 6.48. The Hall–Kier alpha value is -2.97. The van der Waals surface area contributed by atoms with Crippen molar-refractivity contribution in [3.63, 3.8) is 0 Å². The molecule has 2 aromatic carbocycles. The Kier molecular flexibility index (Phi) is 7.47. The molecular formula is C24H29FN3O3Si. The normalized spacial score (nSPS) is 11.6. The van der Waals surface area contributed by atoms with Crippen LogP contribution in [0.3, 0.4) is 0 Å². The van der Waals surface area contributed by atoms with Gasteiger partial charge in [0.05, 0.1) is 18.0 Å². The van der Waals surface area contributed by atoms with Gasteiger partial charge in [0.15, 0.2) is 0 Å². The molecule has 6 nitrogen and oxygen atoms in total. The number of hydrogen-bond donors (Lipinski definition) is 1. The molecule has 0 spiro atoms. The van der Waals surface area contributed by atoms with Crippen molar-refractivity contribution in [2.75, 3.05) is 5.32 Å². The quantitative estimate of drug-likeness (QED) is 0.457. The van der Waals surface area contributed by atoms with E-state index >= 15 is 0 Å². The van der Waals surface area contributed by atoms with Gasteiger partial charge in [0.25, 0.3) is 0 Å². The molecule has 1 heterocycles. The van der Waals surface area contributed by atoms with Gasteiger partial charge in [-0.25, -0.2) is 14.2 Å². The van der Waals surface area contributed by atoms with Crippen molar-refractivity contribution in [1.29, 1.82) is 0 Å². The summed E-state index contributed by atoms with van der Waals surface area (Å²) in [6, 6.07) is 13.9. The number of nitrogens with one attached hydrogen (secondary N) is 1. The highest BCUT2D eigenvalue weighted by atomic mass is 28.3. The molecule has 1 N–H and O–H groups in total. The molecular weight excluding hydrogens is 425 g/mol. The first-order valence-electron chi connectivity index (χ1n) is 10.4. The van der Waals surface area contributed by atoms with Gasteiger partial charge in [-0.15, -0.1) is 0 Å². The summed E-state index contributed by atoms with van der Waals surface area (Å²) in [5, 5.41) is 2.46. The average molecular weight is 455 g/mol. The van der Waals surface area contributed by atoms with Gasteiger partial charge in [0.1, 0.15) is 18.2 Å². The van der Waals surface area contributed by atoms with E-state index in [4.69, 9.17) is 14.1 Å². The van der Waals surface area contributed by atoms with Crippen LogP contribution < -0.4 is 5.32 Å². The standard InChI is InChI=1S/C24H29FN3O3Si/c1-24(2,3)21-14-28(22(27-21)16-31-32(4)5)18-11-12-20(19(25)13-18)26-23(29)30-15-17-9-7-6-8-10-17/h6-14H,15-16H2,1-5H3,(H,26,29). The fourth-order valence-corrected chi connectivity index (χ4v) is 3.36. The maximum atomic E-state index is 14.8. The van der Waals surface area contributed by atoms with Crippen LogP contribution in [0.25, 0.3) is 5.69 Å². The molecule has 32 heavy (non-hydrogen) atoms. The van der Waals surface area contributed by atoms with Crippen LogP contribution in [-0.4, -0.2) is 24.7 Å². The molecule has 0 aliphatic carbocycles. The molecule has 3 aromatic rings. The van der Waals surface area contributed by atoms with E-state index in [1.54, 1.807) is 6.07 Å². The summed E-state index contributed by atoms with van der Waals surface area (Å²) in [6.07, 6.45) is 1.19. The summed E-state index contributed by atoms with van der Waals surface area (Å²) < 4.78 is 27.7. The Balaban J connectivity index is 1.76. The Morgan fingerprint density at radius 3 is 2.47 bits per heavy atom. The third kappa shape index (κ3) is 6.27. The number of anilines is 1. The third-order valence-corrected chi connectivity index (χ3v) is 5.44. The van der Waals surface area contributed by atoms with Crippen molar-refractivity contribution >= 4 is 20.8 Å². The molecule has 0 fully saturated rings. The van der Waals surface area contributed by atoms with E-state index in [-0.39, 0.29) is 17.7 Å². The van der Waals surface area contributed by atoms with Crippen LogP contribution in [0.1, 0.15) is 37.9 Å². The molecule has 1 radical (unpaired) electrons. The first-order valence-corrected chi connectivity index (χ1v) is 12.8.